The zero-order chi connectivity index (χ0) is 14.3. The first kappa shape index (κ1) is 12.9. The molecule has 1 aliphatic rings. The van der Waals surface area contributed by atoms with E-state index in [9.17, 15) is 4.79 Å². The average Bonchev–Trinajstić information content (AvgIpc) is 2.40. The predicted molar refractivity (Wildman–Crippen MR) is 79.3 cm³/mol. The van der Waals surface area contributed by atoms with Crippen LogP contribution in [0.25, 0.3) is 0 Å². The molecule has 1 heterocycles. The molecule has 2 aromatic carbocycles. The maximum Gasteiger partial charge on any atom is 0.170 e. The van der Waals surface area contributed by atoms with E-state index < -0.39 is 5.60 Å². The van der Waals surface area contributed by atoms with E-state index >= 15 is 0 Å². The first-order chi connectivity index (χ1) is 9.48. The summed E-state index contributed by atoms with van der Waals surface area (Å²) in [5.74, 6) is 0.842. The second-order valence-electron chi connectivity index (χ2n) is 5.80. The van der Waals surface area contributed by atoms with Crippen molar-refractivity contribution in [1.29, 1.82) is 0 Å². The Morgan fingerprint density at radius 1 is 1.05 bits per heavy atom. The van der Waals surface area contributed by atoms with E-state index in [-0.39, 0.29) is 5.78 Å². The Bertz CT molecular complexity index is 688. The first-order valence-corrected chi connectivity index (χ1v) is 6.88. The molecule has 20 heavy (non-hydrogen) atoms. The Kier molecular flexibility index (Phi) is 2.89. The van der Waals surface area contributed by atoms with Crippen LogP contribution in [0.15, 0.2) is 42.5 Å². The molecule has 3 rings (SSSR count). The average molecular weight is 266 g/mol. The number of Topliss-reactive ketones (excluding diaryl/α,β-unsaturated/α-hetero) is 1. The van der Waals surface area contributed by atoms with Gasteiger partial charge in [-0.3, -0.25) is 4.79 Å². The van der Waals surface area contributed by atoms with E-state index in [1.54, 1.807) is 0 Å². The number of rotatable bonds is 1. The van der Waals surface area contributed by atoms with E-state index in [0.29, 0.717) is 17.7 Å². The molecule has 1 unspecified atom stereocenters. The molecule has 1 aliphatic heterocycles. The molecule has 0 saturated heterocycles. The molecule has 0 radical (unpaired) electrons. The Hall–Kier alpha value is -2.09. The third-order valence-electron chi connectivity index (χ3n) is 3.90. The van der Waals surface area contributed by atoms with Crippen molar-refractivity contribution in [3.05, 3.63) is 64.7 Å². The van der Waals surface area contributed by atoms with E-state index in [2.05, 4.69) is 19.1 Å². The smallest absolute Gasteiger partial charge is 0.170 e. The van der Waals surface area contributed by atoms with Gasteiger partial charge in [0.1, 0.15) is 11.4 Å². The van der Waals surface area contributed by atoms with Crippen LogP contribution >= 0.6 is 0 Å². The highest BCUT2D eigenvalue weighted by Crippen LogP contribution is 2.39. The fraction of sp³-hybridized carbons (Fsp3) is 0.278. The molecule has 102 valence electrons. The van der Waals surface area contributed by atoms with Crippen LogP contribution in [-0.4, -0.2) is 5.78 Å². The number of aryl methyl sites for hydroxylation is 2. The van der Waals surface area contributed by atoms with Crippen molar-refractivity contribution in [2.24, 2.45) is 0 Å². The molecule has 2 aromatic rings. The minimum Gasteiger partial charge on any atom is -0.482 e. The number of benzene rings is 2. The van der Waals surface area contributed by atoms with Gasteiger partial charge in [-0.2, -0.15) is 0 Å². The fourth-order valence-electron chi connectivity index (χ4n) is 2.77. The third-order valence-corrected chi connectivity index (χ3v) is 3.90. The summed E-state index contributed by atoms with van der Waals surface area (Å²) in [6.07, 6.45) is 0.382. The van der Waals surface area contributed by atoms with Gasteiger partial charge in [-0.05, 0) is 38.5 Å². The van der Waals surface area contributed by atoms with Crippen LogP contribution in [0.5, 0.6) is 5.75 Å². The number of hydrogen-bond donors (Lipinski definition) is 0. The van der Waals surface area contributed by atoms with Gasteiger partial charge < -0.3 is 4.74 Å². The zero-order valence-corrected chi connectivity index (χ0v) is 12.1. The molecule has 0 fully saturated rings. The Balaban J connectivity index is 2.06. The number of carbonyl (C=O) groups is 1. The van der Waals surface area contributed by atoms with Gasteiger partial charge in [0.2, 0.25) is 0 Å². The van der Waals surface area contributed by atoms with Crippen molar-refractivity contribution in [3.8, 4) is 5.75 Å². The lowest BCUT2D eigenvalue weighted by Gasteiger charge is -2.35. The van der Waals surface area contributed by atoms with Crippen LogP contribution in [-0.2, 0) is 5.60 Å². The summed E-state index contributed by atoms with van der Waals surface area (Å²) >= 11 is 0. The highest BCUT2D eigenvalue weighted by Gasteiger charge is 2.38. The van der Waals surface area contributed by atoms with Crippen LogP contribution in [0.3, 0.4) is 0 Å². The number of hydrogen-bond acceptors (Lipinski definition) is 2. The molecule has 0 bridgehead atoms. The van der Waals surface area contributed by atoms with E-state index in [0.717, 1.165) is 11.1 Å². The topological polar surface area (TPSA) is 26.3 Å². The van der Waals surface area contributed by atoms with Crippen LogP contribution in [0.1, 0.15) is 40.4 Å². The Morgan fingerprint density at radius 2 is 1.80 bits per heavy atom. The molecule has 2 heteroatoms. The molecule has 0 saturated carbocycles. The first-order valence-electron chi connectivity index (χ1n) is 6.88. The summed E-state index contributed by atoms with van der Waals surface area (Å²) < 4.78 is 6.17. The number of fused-ring (bicyclic) bond motifs is 1. The minimum absolute atomic E-state index is 0.152. The predicted octanol–water partition coefficient (Wildman–Crippen LogP) is 4.18. The highest BCUT2D eigenvalue weighted by atomic mass is 16.5. The van der Waals surface area contributed by atoms with Gasteiger partial charge in [0.15, 0.2) is 5.78 Å². The third kappa shape index (κ3) is 2.11. The Morgan fingerprint density at radius 3 is 2.55 bits per heavy atom. The summed E-state index contributed by atoms with van der Waals surface area (Å²) in [4.78, 5) is 12.4. The van der Waals surface area contributed by atoms with E-state index in [1.165, 1.54) is 5.56 Å². The summed E-state index contributed by atoms with van der Waals surface area (Å²) in [7, 11) is 0. The maximum atomic E-state index is 12.4. The molecular formula is C18H18O2. The van der Waals surface area contributed by atoms with Crippen molar-refractivity contribution < 1.29 is 9.53 Å². The lowest BCUT2D eigenvalue weighted by Crippen LogP contribution is -2.36. The van der Waals surface area contributed by atoms with Crippen LogP contribution in [0.2, 0.25) is 0 Å². The van der Waals surface area contributed by atoms with Crippen molar-refractivity contribution >= 4 is 5.78 Å². The SMILES string of the molecule is Cc1cccc(C2(C)CC(=O)c3cc(C)ccc3O2)c1. The van der Waals surface area contributed by atoms with Crippen LogP contribution in [0, 0.1) is 13.8 Å². The minimum atomic E-state index is -0.578. The van der Waals surface area contributed by atoms with Crippen molar-refractivity contribution in [2.45, 2.75) is 32.8 Å². The molecule has 0 amide bonds. The van der Waals surface area contributed by atoms with Crippen molar-refractivity contribution in [2.75, 3.05) is 0 Å². The van der Waals surface area contributed by atoms with Gasteiger partial charge in [0.05, 0.1) is 12.0 Å². The largest absolute Gasteiger partial charge is 0.482 e. The van der Waals surface area contributed by atoms with Gasteiger partial charge in [0.25, 0.3) is 0 Å². The lowest BCUT2D eigenvalue weighted by molar-refractivity contribution is 0.0503. The van der Waals surface area contributed by atoms with Gasteiger partial charge in [-0.1, -0.05) is 41.5 Å². The van der Waals surface area contributed by atoms with E-state index in [1.807, 2.05) is 44.2 Å². The fourth-order valence-corrected chi connectivity index (χ4v) is 2.77. The van der Waals surface area contributed by atoms with Crippen LogP contribution in [0.4, 0.5) is 0 Å². The normalized spacial score (nSPS) is 21.2. The summed E-state index contributed by atoms with van der Waals surface area (Å²) in [6, 6.07) is 14.0. The molecular weight excluding hydrogens is 248 g/mol. The molecule has 0 spiro atoms. The van der Waals surface area contributed by atoms with E-state index in [4.69, 9.17) is 4.74 Å². The number of ketones is 1. The quantitative estimate of drug-likeness (QED) is 0.773. The summed E-state index contributed by atoms with van der Waals surface area (Å²) in [6.45, 7) is 6.03. The second kappa shape index (κ2) is 4.48. The lowest BCUT2D eigenvalue weighted by atomic mass is 9.85. The monoisotopic (exact) mass is 266 g/mol. The molecule has 0 aromatic heterocycles. The van der Waals surface area contributed by atoms with Gasteiger partial charge in [-0.15, -0.1) is 0 Å². The Labute approximate surface area is 119 Å². The molecule has 0 N–H and O–H groups in total. The van der Waals surface area contributed by atoms with Crippen molar-refractivity contribution in [1.82, 2.24) is 0 Å². The second-order valence-corrected chi connectivity index (χ2v) is 5.80. The van der Waals surface area contributed by atoms with Crippen LogP contribution < -0.4 is 4.74 Å². The molecule has 0 aliphatic carbocycles. The van der Waals surface area contributed by atoms with Gasteiger partial charge >= 0.3 is 0 Å². The number of ether oxygens (including phenoxy) is 1. The van der Waals surface area contributed by atoms with Gasteiger partial charge in [0, 0.05) is 0 Å². The maximum absolute atomic E-state index is 12.4. The summed E-state index contributed by atoms with van der Waals surface area (Å²) in [5, 5.41) is 0. The zero-order valence-electron chi connectivity index (χ0n) is 12.1. The van der Waals surface area contributed by atoms with Gasteiger partial charge in [-0.25, -0.2) is 0 Å². The molecule has 1 atom stereocenters. The standard InChI is InChI=1S/C18H18O2/c1-12-5-4-6-14(9-12)18(3)11-16(19)15-10-13(2)7-8-17(15)20-18/h4-10H,11H2,1-3H3. The molecule has 2 nitrogen and oxygen atoms in total. The summed E-state index contributed by atoms with van der Waals surface area (Å²) in [5.41, 5.74) is 3.44. The number of carbonyl (C=O) groups excluding carboxylic acids is 1. The van der Waals surface area contributed by atoms with Crippen molar-refractivity contribution in [3.63, 3.8) is 0 Å². The highest BCUT2D eigenvalue weighted by molar-refractivity contribution is 6.00.